The predicted octanol–water partition coefficient (Wildman–Crippen LogP) is 2.14. The van der Waals surface area contributed by atoms with Gasteiger partial charge in [-0.2, -0.15) is 0 Å². The first kappa shape index (κ1) is 9.52. The number of hydrogen-bond donors (Lipinski definition) is 1. The fraction of sp³-hybridized carbons (Fsp3) is 0.500. The van der Waals surface area contributed by atoms with E-state index in [4.69, 9.17) is 5.73 Å². The molecule has 0 saturated heterocycles. The molecule has 1 aliphatic carbocycles. The van der Waals surface area contributed by atoms with E-state index in [2.05, 4.69) is 4.98 Å². The maximum absolute atomic E-state index is 13.0. The maximum atomic E-state index is 13.0. The van der Waals surface area contributed by atoms with Crippen LogP contribution in [0.1, 0.15) is 31.0 Å². The van der Waals surface area contributed by atoms with Crippen LogP contribution in [0.4, 0.5) is 8.78 Å². The molecule has 2 rings (SSSR count). The Kier molecular flexibility index (Phi) is 1.86. The summed E-state index contributed by atoms with van der Waals surface area (Å²) < 4.78 is 25.9. The fourth-order valence-electron chi connectivity index (χ4n) is 1.37. The second kappa shape index (κ2) is 2.73. The molecule has 1 aromatic heterocycles. The van der Waals surface area contributed by atoms with Gasteiger partial charge in [0.25, 0.3) is 5.92 Å². The first-order chi connectivity index (χ1) is 6.42. The highest BCUT2D eigenvalue weighted by Crippen LogP contribution is 2.42. The highest BCUT2D eigenvalue weighted by molar-refractivity contribution is 5.28. The van der Waals surface area contributed by atoms with Gasteiger partial charge in [0.1, 0.15) is 0 Å². The zero-order valence-corrected chi connectivity index (χ0v) is 7.93. The molecular weight excluding hydrogens is 186 g/mol. The largest absolute Gasteiger partial charge is 0.320 e. The lowest BCUT2D eigenvalue weighted by molar-refractivity contribution is 0.0172. The summed E-state index contributed by atoms with van der Waals surface area (Å²) in [5.74, 6) is -2.82. The van der Waals surface area contributed by atoms with Crippen molar-refractivity contribution in [2.45, 2.75) is 31.2 Å². The molecule has 76 valence electrons. The van der Waals surface area contributed by atoms with Gasteiger partial charge in [0, 0.05) is 18.7 Å². The minimum absolute atomic E-state index is 0.0146. The molecule has 2 nitrogen and oxygen atoms in total. The molecule has 0 bridgehead atoms. The van der Waals surface area contributed by atoms with Crippen LogP contribution in [-0.2, 0) is 11.5 Å². The smallest absolute Gasteiger partial charge is 0.270 e. The highest BCUT2D eigenvalue weighted by atomic mass is 19.3. The van der Waals surface area contributed by atoms with Crippen LogP contribution in [-0.4, -0.2) is 4.98 Å². The lowest BCUT2D eigenvalue weighted by atomic mass is 10.1. The number of pyridine rings is 1. The number of alkyl halides is 2. The summed E-state index contributed by atoms with van der Waals surface area (Å²) in [5.41, 5.74) is 5.99. The number of nitrogens with zero attached hydrogens (tertiary/aromatic N) is 1. The summed E-state index contributed by atoms with van der Waals surface area (Å²) in [6.45, 7) is 0.877. The van der Waals surface area contributed by atoms with E-state index in [0.717, 1.165) is 19.8 Å². The van der Waals surface area contributed by atoms with Gasteiger partial charge in [0.15, 0.2) is 0 Å². The Balaban J connectivity index is 2.37. The van der Waals surface area contributed by atoms with E-state index in [1.165, 1.54) is 18.3 Å². The van der Waals surface area contributed by atoms with E-state index in [1.54, 1.807) is 0 Å². The third-order valence-corrected chi connectivity index (χ3v) is 2.57. The molecule has 1 saturated carbocycles. The second-order valence-corrected chi connectivity index (χ2v) is 3.97. The zero-order valence-electron chi connectivity index (χ0n) is 7.93. The van der Waals surface area contributed by atoms with E-state index in [-0.39, 0.29) is 5.56 Å². The fourth-order valence-corrected chi connectivity index (χ4v) is 1.37. The molecule has 2 N–H and O–H groups in total. The molecular formula is C10H12F2N2. The lowest BCUT2D eigenvalue weighted by Gasteiger charge is -2.13. The summed E-state index contributed by atoms with van der Waals surface area (Å²) in [6, 6.07) is 2.74. The van der Waals surface area contributed by atoms with E-state index in [9.17, 15) is 8.78 Å². The topological polar surface area (TPSA) is 38.9 Å². The zero-order chi connectivity index (χ0) is 10.4. The summed E-state index contributed by atoms with van der Waals surface area (Å²) in [7, 11) is 0. The van der Waals surface area contributed by atoms with Crippen LogP contribution in [0.5, 0.6) is 0 Å². The van der Waals surface area contributed by atoms with Gasteiger partial charge < -0.3 is 5.73 Å². The van der Waals surface area contributed by atoms with Gasteiger partial charge in [-0.1, -0.05) is 0 Å². The number of hydrogen-bond acceptors (Lipinski definition) is 2. The van der Waals surface area contributed by atoms with Crippen LogP contribution in [0, 0.1) is 0 Å². The minimum atomic E-state index is -2.82. The molecule has 0 atom stereocenters. The quantitative estimate of drug-likeness (QED) is 0.790. The van der Waals surface area contributed by atoms with Crippen LogP contribution in [0.15, 0.2) is 18.3 Å². The SMILES string of the molecule is CC(F)(F)c1ccnc(C2(N)CC2)c1. The van der Waals surface area contributed by atoms with Gasteiger partial charge in [-0.25, -0.2) is 8.78 Å². The summed E-state index contributed by atoms with van der Waals surface area (Å²) in [6.07, 6.45) is 3.06. The molecule has 0 amide bonds. The van der Waals surface area contributed by atoms with Crippen LogP contribution in [0.3, 0.4) is 0 Å². The third kappa shape index (κ3) is 1.62. The van der Waals surface area contributed by atoms with Crippen molar-refractivity contribution < 1.29 is 8.78 Å². The number of nitrogens with two attached hydrogens (primary N) is 1. The van der Waals surface area contributed by atoms with Gasteiger partial charge in [-0.3, -0.25) is 4.98 Å². The molecule has 0 aromatic carbocycles. The maximum Gasteiger partial charge on any atom is 0.270 e. The van der Waals surface area contributed by atoms with E-state index < -0.39 is 11.5 Å². The minimum Gasteiger partial charge on any atom is -0.320 e. The van der Waals surface area contributed by atoms with Gasteiger partial charge in [-0.15, -0.1) is 0 Å². The van der Waals surface area contributed by atoms with Crippen molar-refractivity contribution in [2.24, 2.45) is 5.73 Å². The molecule has 14 heavy (non-hydrogen) atoms. The standard InChI is InChI=1S/C10H12F2N2/c1-9(11,12)7-2-5-14-8(6-7)10(13)3-4-10/h2,5-6H,3-4,13H2,1H3. The molecule has 0 radical (unpaired) electrons. The Bertz CT molecular complexity index is 333. The molecule has 0 spiro atoms. The van der Waals surface area contributed by atoms with Crippen LogP contribution < -0.4 is 5.73 Å². The summed E-state index contributed by atoms with van der Waals surface area (Å²) >= 11 is 0. The third-order valence-electron chi connectivity index (χ3n) is 2.57. The monoisotopic (exact) mass is 198 g/mol. The molecule has 1 heterocycles. The first-order valence-electron chi connectivity index (χ1n) is 4.55. The Morgan fingerprint density at radius 2 is 2.14 bits per heavy atom. The first-order valence-corrected chi connectivity index (χ1v) is 4.55. The van der Waals surface area contributed by atoms with Gasteiger partial charge in [0.05, 0.1) is 11.2 Å². The Morgan fingerprint density at radius 1 is 1.50 bits per heavy atom. The molecule has 0 unspecified atom stereocenters. The second-order valence-electron chi connectivity index (χ2n) is 3.97. The molecule has 1 fully saturated rings. The van der Waals surface area contributed by atoms with Crippen molar-refractivity contribution >= 4 is 0 Å². The number of rotatable bonds is 2. The van der Waals surface area contributed by atoms with Gasteiger partial charge >= 0.3 is 0 Å². The highest BCUT2D eigenvalue weighted by Gasteiger charge is 2.42. The van der Waals surface area contributed by atoms with Crippen molar-refractivity contribution in [2.75, 3.05) is 0 Å². The van der Waals surface area contributed by atoms with Crippen molar-refractivity contribution in [3.05, 3.63) is 29.6 Å². The lowest BCUT2D eigenvalue weighted by Crippen LogP contribution is -2.21. The molecule has 0 aliphatic heterocycles. The predicted molar refractivity (Wildman–Crippen MR) is 48.9 cm³/mol. The van der Waals surface area contributed by atoms with Gasteiger partial charge in [0.2, 0.25) is 0 Å². The van der Waals surface area contributed by atoms with Crippen molar-refractivity contribution in [1.82, 2.24) is 4.98 Å². The average molecular weight is 198 g/mol. The van der Waals surface area contributed by atoms with Crippen LogP contribution in [0.2, 0.25) is 0 Å². The number of aromatic nitrogens is 1. The Morgan fingerprint density at radius 3 is 2.64 bits per heavy atom. The normalized spacial score (nSPS) is 19.4. The summed E-state index contributed by atoms with van der Waals surface area (Å²) in [4.78, 5) is 4.03. The average Bonchev–Trinajstić information content (AvgIpc) is 2.84. The van der Waals surface area contributed by atoms with E-state index in [0.29, 0.717) is 5.69 Å². The Hall–Kier alpha value is -1.03. The van der Waals surface area contributed by atoms with Crippen LogP contribution >= 0.6 is 0 Å². The van der Waals surface area contributed by atoms with E-state index in [1.807, 2.05) is 0 Å². The molecule has 4 heteroatoms. The van der Waals surface area contributed by atoms with Crippen molar-refractivity contribution in [3.8, 4) is 0 Å². The van der Waals surface area contributed by atoms with Crippen molar-refractivity contribution in [3.63, 3.8) is 0 Å². The molecule has 1 aliphatic rings. The van der Waals surface area contributed by atoms with E-state index >= 15 is 0 Å². The number of halogens is 2. The van der Waals surface area contributed by atoms with Crippen molar-refractivity contribution in [1.29, 1.82) is 0 Å². The Labute approximate surface area is 81.1 Å². The van der Waals surface area contributed by atoms with Crippen LogP contribution in [0.25, 0.3) is 0 Å². The van der Waals surface area contributed by atoms with Gasteiger partial charge in [-0.05, 0) is 25.0 Å². The summed E-state index contributed by atoms with van der Waals surface area (Å²) in [5, 5.41) is 0. The molecule has 1 aromatic rings.